The van der Waals surface area contributed by atoms with E-state index in [4.69, 9.17) is 5.73 Å². The minimum atomic E-state index is -0.233. The maximum Gasteiger partial charge on any atom is 0.147 e. The fraction of sp³-hybridized carbons (Fsp3) is 0.357. The molecule has 0 spiro atoms. The van der Waals surface area contributed by atoms with Crippen LogP contribution < -0.4 is 5.73 Å². The van der Waals surface area contributed by atoms with Gasteiger partial charge in [0.2, 0.25) is 0 Å². The lowest BCUT2D eigenvalue weighted by Gasteiger charge is -2.16. The zero-order valence-electron chi connectivity index (χ0n) is 10.2. The SMILES string of the molecule is NCc1cccc(F)c1-n1cnc2c1CCCC2. The molecule has 0 bridgehead atoms. The molecule has 1 aromatic carbocycles. The van der Waals surface area contributed by atoms with Gasteiger partial charge in [0.15, 0.2) is 0 Å². The molecule has 94 valence electrons. The Morgan fingerprint density at radius 3 is 2.94 bits per heavy atom. The lowest BCUT2D eigenvalue weighted by molar-refractivity contribution is 0.605. The predicted molar refractivity (Wildman–Crippen MR) is 68.1 cm³/mol. The van der Waals surface area contributed by atoms with Gasteiger partial charge in [-0.1, -0.05) is 12.1 Å². The summed E-state index contributed by atoms with van der Waals surface area (Å²) in [5, 5.41) is 0. The number of para-hydroxylation sites is 1. The largest absolute Gasteiger partial charge is 0.326 e. The van der Waals surface area contributed by atoms with Gasteiger partial charge in [-0.2, -0.15) is 0 Å². The van der Waals surface area contributed by atoms with E-state index in [2.05, 4.69) is 4.98 Å². The number of imidazole rings is 1. The summed E-state index contributed by atoms with van der Waals surface area (Å²) in [4.78, 5) is 4.41. The minimum Gasteiger partial charge on any atom is -0.326 e. The molecular weight excluding hydrogens is 229 g/mol. The van der Waals surface area contributed by atoms with Crippen molar-refractivity contribution in [2.45, 2.75) is 32.2 Å². The first-order valence-electron chi connectivity index (χ1n) is 6.34. The van der Waals surface area contributed by atoms with Crippen LogP contribution in [0.15, 0.2) is 24.5 Å². The summed E-state index contributed by atoms with van der Waals surface area (Å²) in [5.41, 5.74) is 9.33. The Labute approximate surface area is 105 Å². The van der Waals surface area contributed by atoms with Gasteiger partial charge in [0.05, 0.1) is 17.7 Å². The molecule has 0 aliphatic heterocycles. The van der Waals surface area contributed by atoms with Crippen LogP contribution in [0.1, 0.15) is 29.8 Å². The molecule has 1 aliphatic carbocycles. The molecule has 0 radical (unpaired) electrons. The average molecular weight is 245 g/mol. The summed E-state index contributed by atoms with van der Waals surface area (Å²) >= 11 is 0. The second-order valence-corrected chi connectivity index (χ2v) is 4.67. The van der Waals surface area contributed by atoms with Gasteiger partial charge in [-0.15, -0.1) is 0 Å². The van der Waals surface area contributed by atoms with Crippen molar-refractivity contribution < 1.29 is 4.39 Å². The molecule has 0 saturated carbocycles. The van der Waals surface area contributed by atoms with E-state index in [9.17, 15) is 4.39 Å². The maximum atomic E-state index is 14.1. The number of nitrogens with two attached hydrogens (primary N) is 1. The van der Waals surface area contributed by atoms with E-state index in [0.717, 1.165) is 36.2 Å². The van der Waals surface area contributed by atoms with E-state index in [1.807, 2.05) is 10.6 Å². The molecule has 1 heterocycles. The number of halogens is 1. The van der Waals surface area contributed by atoms with E-state index >= 15 is 0 Å². The standard InChI is InChI=1S/C14H16FN3/c15-11-5-3-4-10(8-16)14(11)18-9-17-12-6-1-2-7-13(12)18/h3-5,9H,1-2,6-8,16H2. The Morgan fingerprint density at radius 2 is 2.11 bits per heavy atom. The Kier molecular flexibility index (Phi) is 2.88. The first-order valence-corrected chi connectivity index (χ1v) is 6.34. The monoisotopic (exact) mass is 245 g/mol. The van der Waals surface area contributed by atoms with Gasteiger partial charge in [-0.25, -0.2) is 9.37 Å². The van der Waals surface area contributed by atoms with Gasteiger partial charge in [0.1, 0.15) is 5.82 Å². The molecule has 0 saturated heterocycles. The highest BCUT2D eigenvalue weighted by atomic mass is 19.1. The van der Waals surface area contributed by atoms with Gasteiger partial charge in [-0.05, 0) is 37.3 Å². The molecule has 3 nitrogen and oxygen atoms in total. The molecule has 4 heteroatoms. The van der Waals surface area contributed by atoms with Crippen molar-refractivity contribution in [2.75, 3.05) is 0 Å². The summed E-state index contributed by atoms with van der Waals surface area (Å²) in [6.07, 6.45) is 6.01. The fourth-order valence-electron chi connectivity index (χ4n) is 2.66. The van der Waals surface area contributed by atoms with Crippen molar-refractivity contribution >= 4 is 0 Å². The number of aromatic nitrogens is 2. The third-order valence-corrected chi connectivity index (χ3v) is 3.56. The lowest BCUT2D eigenvalue weighted by Crippen LogP contribution is -2.11. The van der Waals surface area contributed by atoms with E-state index in [0.29, 0.717) is 12.2 Å². The molecule has 0 fully saturated rings. The zero-order valence-corrected chi connectivity index (χ0v) is 10.2. The van der Waals surface area contributed by atoms with Crippen LogP contribution in [-0.2, 0) is 19.4 Å². The van der Waals surface area contributed by atoms with Gasteiger partial charge >= 0.3 is 0 Å². The number of fused-ring (bicyclic) bond motifs is 1. The molecule has 0 unspecified atom stereocenters. The van der Waals surface area contributed by atoms with Crippen LogP contribution in [0, 0.1) is 5.82 Å². The summed E-state index contributed by atoms with van der Waals surface area (Å²) in [6.45, 7) is 0.333. The van der Waals surface area contributed by atoms with Crippen molar-refractivity contribution in [2.24, 2.45) is 5.73 Å². The van der Waals surface area contributed by atoms with Gasteiger partial charge in [-0.3, -0.25) is 4.57 Å². The average Bonchev–Trinajstić information content (AvgIpc) is 2.82. The summed E-state index contributed by atoms with van der Waals surface area (Å²) in [5.74, 6) is -0.233. The molecular formula is C14H16FN3. The highest BCUT2D eigenvalue weighted by Gasteiger charge is 2.19. The lowest BCUT2D eigenvalue weighted by atomic mass is 10.0. The normalized spacial score (nSPS) is 14.6. The van der Waals surface area contributed by atoms with Crippen molar-refractivity contribution in [1.82, 2.24) is 9.55 Å². The molecule has 2 aromatic rings. The Bertz CT molecular complexity index is 574. The second kappa shape index (κ2) is 4.53. The molecule has 2 N–H and O–H groups in total. The summed E-state index contributed by atoms with van der Waals surface area (Å²) in [6, 6.07) is 5.04. The summed E-state index contributed by atoms with van der Waals surface area (Å²) in [7, 11) is 0. The van der Waals surface area contributed by atoms with Crippen LogP contribution in [0.5, 0.6) is 0 Å². The van der Waals surface area contributed by atoms with Crippen LogP contribution in [0.2, 0.25) is 0 Å². The molecule has 18 heavy (non-hydrogen) atoms. The highest BCUT2D eigenvalue weighted by molar-refractivity contribution is 5.44. The van der Waals surface area contributed by atoms with Gasteiger partial charge < -0.3 is 5.73 Å². The molecule has 0 atom stereocenters. The topological polar surface area (TPSA) is 43.8 Å². The Morgan fingerprint density at radius 1 is 1.28 bits per heavy atom. The number of benzene rings is 1. The smallest absolute Gasteiger partial charge is 0.147 e. The van der Waals surface area contributed by atoms with Crippen LogP contribution in [0.3, 0.4) is 0 Å². The second-order valence-electron chi connectivity index (χ2n) is 4.67. The zero-order chi connectivity index (χ0) is 12.5. The van der Waals surface area contributed by atoms with E-state index in [1.54, 1.807) is 12.4 Å². The highest BCUT2D eigenvalue weighted by Crippen LogP contribution is 2.26. The minimum absolute atomic E-state index is 0.233. The molecule has 3 rings (SSSR count). The van der Waals surface area contributed by atoms with Gasteiger partial charge in [0, 0.05) is 12.2 Å². The van der Waals surface area contributed by atoms with Crippen molar-refractivity contribution in [3.8, 4) is 5.69 Å². The fourth-order valence-corrected chi connectivity index (χ4v) is 2.66. The van der Waals surface area contributed by atoms with Crippen molar-refractivity contribution in [3.63, 3.8) is 0 Å². The van der Waals surface area contributed by atoms with E-state index in [-0.39, 0.29) is 5.82 Å². The first-order chi connectivity index (χ1) is 8.81. The van der Waals surface area contributed by atoms with Crippen molar-refractivity contribution in [3.05, 3.63) is 47.3 Å². The Balaban J connectivity index is 2.18. The third kappa shape index (κ3) is 1.73. The van der Waals surface area contributed by atoms with Crippen LogP contribution in [0.4, 0.5) is 4.39 Å². The van der Waals surface area contributed by atoms with Gasteiger partial charge in [0.25, 0.3) is 0 Å². The molecule has 0 amide bonds. The number of nitrogens with zero attached hydrogens (tertiary/aromatic N) is 2. The number of hydrogen-bond acceptors (Lipinski definition) is 2. The first kappa shape index (κ1) is 11.4. The van der Waals surface area contributed by atoms with Crippen LogP contribution >= 0.6 is 0 Å². The number of hydrogen-bond donors (Lipinski definition) is 1. The summed E-state index contributed by atoms with van der Waals surface area (Å²) < 4.78 is 15.9. The number of aryl methyl sites for hydroxylation is 1. The van der Waals surface area contributed by atoms with E-state index in [1.165, 1.54) is 12.5 Å². The van der Waals surface area contributed by atoms with E-state index < -0.39 is 0 Å². The third-order valence-electron chi connectivity index (χ3n) is 3.56. The number of rotatable bonds is 2. The molecule has 1 aromatic heterocycles. The van der Waals surface area contributed by atoms with Crippen LogP contribution in [0.25, 0.3) is 5.69 Å². The maximum absolute atomic E-state index is 14.1. The Hall–Kier alpha value is -1.68. The van der Waals surface area contributed by atoms with Crippen LogP contribution in [-0.4, -0.2) is 9.55 Å². The molecule has 1 aliphatic rings. The van der Waals surface area contributed by atoms with Crippen molar-refractivity contribution in [1.29, 1.82) is 0 Å². The predicted octanol–water partition coefficient (Wildman–Crippen LogP) is 2.35. The quantitative estimate of drug-likeness (QED) is 0.882.